The van der Waals surface area contributed by atoms with E-state index in [2.05, 4.69) is 15.1 Å². The summed E-state index contributed by atoms with van der Waals surface area (Å²) in [6, 6.07) is 26.2. The van der Waals surface area contributed by atoms with Gasteiger partial charge < -0.3 is 14.7 Å². The van der Waals surface area contributed by atoms with Crippen molar-refractivity contribution >= 4 is 29.2 Å². The van der Waals surface area contributed by atoms with Gasteiger partial charge in [0.15, 0.2) is 5.82 Å². The predicted octanol–water partition coefficient (Wildman–Crippen LogP) is 5.88. The fourth-order valence-electron chi connectivity index (χ4n) is 5.03. The standard InChI is InChI=1S/C32H31ClFN5O2/c1-23(24-10-3-2-4-11-24)39(32(41)26-13-6-8-15-28(26)34)22-31(40)38-19-9-18-37(20-21-38)30-17-16-29(35-36-30)25-12-5-7-14-27(25)33/h2-8,10-17,23H,9,18-22H2,1H3. The number of carbonyl (C=O) groups is 2. The summed E-state index contributed by atoms with van der Waals surface area (Å²) in [5.74, 6) is -0.580. The number of hydrogen-bond acceptors (Lipinski definition) is 5. The van der Waals surface area contributed by atoms with E-state index < -0.39 is 17.8 Å². The molecule has 1 saturated heterocycles. The lowest BCUT2D eigenvalue weighted by Crippen LogP contribution is -2.45. The van der Waals surface area contributed by atoms with Crippen molar-refractivity contribution in [3.8, 4) is 11.3 Å². The first-order valence-corrected chi connectivity index (χ1v) is 14.0. The van der Waals surface area contributed by atoms with Crippen molar-refractivity contribution in [3.63, 3.8) is 0 Å². The average Bonchev–Trinajstić information content (AvgIpc) is 3.27. The lowest BCUT2D eigenvalue weighted by molar-refractivity contribution is -0.132. The molecule has 2 heterocycles. The third kappa shape index (κ3) is 6.55. The average molecular weight is 572 g/mol. The highest BCUT2D eigenvalue weighted by Gasteiger charge is 2.29. The van der Waals surface area contributed by atoms with Crippen molar-refractivity contribution in [1.82, 2.24) is 20.0 Å². The highest BCUT2D eigenvalue weighted by Crippen LogP contribution is 2.27. The van der Waals surface area contributed by atoms with Crippen LogP contribution in [0, 0.1) is 5.82 Å². The molecule has 0 N–H and O–H groups in total. The number of nitrogens with zero attached hydrogens (tertiary/aromatic N) is 5. The van der Waals surface area contributed by atoms with Crippen LogP contribution in [0.3, 0.4) is 0 Å². The second-order valence-electron chi connectivity index (χ2n) is 9.98. The molecule has 0 bridgehead atoms. The van der Waals surface area contributed by atoms with Gasteiger partial charge in [-0.3, -0.25) is 9.59 Å². The Balaban J connectivity index is 1.28. The minimum Gasteiger partial charge on any atom is -0.353 e. The summed E-state index contributed by atoms with van der Waals surface area (Å²) in [6.07, 6.45) is 0.731. The number of rotatable bonds is 7. The van der Waals surface area contributed by atoms with Gasteiger partial charge in [0.2, 0.25) is 5.91 Å². The largest absolute Gasteiger partial charge is 0.353 e. The van der Waals surface area contributed by atoms with Crippen molar-refractivity contribution in [3.05, 3.63) is 113 Å². The second-order valence-corrected chi connectivity index (χ2v) is 10.4. The third-order valence-corrected chi connectivity index (χ3v) is 7.72. The van der Waals surface area contributed by atoms with Crippen molar-refractivity contribution in [1.29, 1.82) is 0 Å². The Morgan fingerprint density at radius 3 is 2.34 bits per heavy atom. The molecule has 0 radical (unpaired) electrons. The lowest BCUT2D eigenvalue weighted by Gasteiger charge is -2.32. The normalized spacial score (nSPS) is 14.3. The van der Waals surface area contributed by atoms with E-state index in [0.29, 0.717) is 36.9 Å². The molecule has 0 saturated carbocycles. The Bertz CT molecular complexity index is 1500. The Morgan fingerprint density at radius 1 is 0.878 bits per heavy atom. The maximum atomic E-state index is 14.6. The number of halogens is 2. The van der Waals surface area contributed by atoms with Crippen LogP contribution in [-0.4, -0.2) is 64.5 Å². The highest BCUT2D eigenvalue weighted by atomic mass is 35.5. The monoisotopic (exact) mass is 571 g/mol. The van der Waals surface area contributed by atoms with Gasteiger partial charge in [0.25, 0.3) is 5.91 Å². The summed E-state index contributed by atoms with van der Waals surface area (Å²) in [5, 5.41) is 9.42. The van der Waals surface area contributed by atoms with Crippen LogP contribution in [0.1, 0.15) is 35.3 Å². The maximum Gasteiger partial charge on any atom is 0.257 e. The smallest absolute Gasteiger partial charge is 0.257 e. The zero-order valence-corrected chi connectivity index (χ0v) is 23.5. The SMILES string of the molecule is CC(c1ccccc1)N(CC(=O)N1CCCN(c2ccc(-c3ccccc3Cl)nn2)CC1)C(=O)c1ccccc1F. The molecule has 1 aliphatic rings. The maximum absolute atomic E-state index is 14.6. The number of carbonyl (C=O) groups excluding carboxylic acids is 2. The minimum atomic E-state index is -0.609. The molecule has 3 aromatic carbocycles. The fourth-order valence-corrected chi connectivity index (χ4v) is 5.27. The molecule has 1 fully saturated rings. The molecule has 1 unspecified atom stereocenters. The summed E-state index contributed by atoms with van der Waals surface area (Å²) in [5.41, 5.74) is 2.33. The molecule has 1 atom stereocenters. The summed E-state index contributed by atoms with van der Waals surface area (Å²) in [4.78, 5) is 32.4. The van der Waals surface area contributed by atoms with Gasteiger partial charge in [0.1, 0.15) is 12.4 Å². The quantitative estimate of drug-likeness (QED) is 0.277. The molecule has 0 aliphatic carbocycles. The molecule has 2 amide bonds. The molecule has 4 aromatic rings. The van der Waals surface area contributed by atoms with Crippen LogP contribution in [0.5, 0.6) is 0 Å². The first kappa shape index (κ1) is 28.2. The van der Waals surface area contributed by atoms with Crippen molar-refractivity contribution in [2.45, 2.75) is 19.4 Å². The number of hydrogen-bond donors (Lipinski definition) is 0. The van der Waals surface area contributed by atoms with Crippen LogP contribution in [0.25, 0.3) is 11.3 Å². The van der Waals surface area contributed by atoms with Gasteiger partial charge in [-0.1, -0.05) is 72.3 Å². The van der Waals surface area contributed by atoms with Gasteiger partial charge in [-0.15, -0.1) is 10.2 Å². The topological polar surface area (TPSA) is 69.6 Å². The lowest BCUT2D eigenvalue weighted by atomic mass is 10.0. The molecule has 5 rings (SSSR count). The van der Waals surface area contributed by atoms with E-state index in [9.17, 15) is 14.0 Å². The molecular formula is C32H31ClFN5O2. The van der Waals surface area contributed by atoms with Gasteiger partial charge in [-0.2, -0.15) is 0 Å². The van der Waals surface area contributed by atoms with E-state index in [-0.39, 0.29) is 18.0 Å². The summed E-state index contributed by atoms with van der Waals surface area (Å²) in [7, 11) is 0. The van der Waals surface area contributed by atoms with Crippen LogP contribution in [0.4, 0.5) is 10.2 Å². The summed E-state index contributed by atoms with van der Waals surface area (Å²) >= 11 is 6.31. The van der Waals surface area contributed by atoms with Crippen molar-refractivity contribution in [2.24, 2.45) is 0 Å². The van der Waals surface area contributed by atoms with Crippen LogP contribution >= 0.6 is 11.6 Å². The first-order valence-electron chi connectivity index (χ1n) is 13.6. The number of amides is 2. The molecule has 210 valence electrons. The van der Waals surface area contributed by atoms with Gasteiger partial charge in [-0.25, -0.2) is 4.39 Å². The molecule has 7 nitrogen and oxygen atoms in total. The van der Waals surface area contributed by atoms with Crippen LogP contribution in [-0.2, 0) is 4.79 Å². The molecule has 41 heavy (non-hydrogen) atoms. The van der Waals surface area contributed by atoms with Crippen molar-refractivity contribution in [2.75, 3.05) is 37.6 Å². The highest BCUT2D eigenvalue weighted by molar-refractivity contribution is 6.33. The van der Waals surface area contributed by atoms with Gasteiger partial charge in [0, 0.05) is 31.7 Å². The first-order chi connectivity index (χ1) is 19.9. The number of aromatic nitrogens is 2. The summed E-state index contributed by atoms with van der Waals surface area (Å²) in [6.45, 7) is 3.99. The molecular weight excluding hydrogens is 541 g/mol. The van der Waals surface area contributed by atoms with E-state index in [0.717, 1.165) is 23.4 Å². The Hall–Kier alpha value is -4.30. The Morgan fingerprint density at radius 2 is 1.61 bits per heavy atom. The van der Waals surface area contributed by atoms with E-state index in [1.54, 1.807) is 17.0 Å². The Labute approximate surface area is 244 Å². The van der Waals surface area contributed by atoms with Gasteiger partial charge in [0.05, 0.1) is 22.3 Å². The van der Waals surface area contributed by atoms with Gasteiger partial charge in [-0.05, 0) is 49.2 Å². The van der Waals surface area contributed by atoms with E-state index >= 15 is 0 Å². The Kier molecular flexibility index (Phi) is 8.89. The third-order valence-electron chi connectivity index (χ3n) is 7.39. The van der Waals surface area contributed by atoms with Crippen LogP contribution in [0.15, 0.2) is 91.0 Å². The van der Waals surface area contributed by atoms with Crippen molar-refractivity contribution < 1.29 is 14.0 Å². The molecule has 0 spiro atoms. The molecule has 1 aliphatic heterocycles. The molecule has 9 heteroatoms. The van der Waals surface area contributed by atoms with Crippen LogP contribution < -0.4 is 4.90 Å². The fraction of sp³-hybridized carbons (Fsp3) is 0.250. The van der Waals surface area contributed by atoms with E-state index in [4.69, 9.17) is 11.6 Å². The summed E-state index contributed by atoms with van der Waals surface area (Å²) < 4.78 is 14.6. The number of benzene rings is 3. The van der Waals surface area contributed by atoms with Gasteiger partial charge >= 0.3 is 0 Å². The van der Waals surface area contributed by atoms with E-state index in [1.807, 2.05) is 73.7 Å². The minimum absolute atomic E-state index is 0.0519. The van der Waals surface area contributed by atoms with E-state index in [1.165, 1.54) is 17.0 Å². The zero-order chi connectivity index (χ0) is 28.8. The number of anilines is 1. The predicted molar refractivity (Wildman–Crippen MR) is 158 cm³/mol. The second kappa shape index (κ2) is 12.9. The molecule has 1 aromatic heterocycles. The zero-order valence-electron chi connectivity index (χ0n) is 22.8. The van der Waals surface area contributed by atoms with Crippen LogP contribution in [0.2, 0.25) is 5.02 Å².